The number of carboxylic acid groups (broad SMARTS) is 1. The first-order valence-corrected chi connectivity index (χ1v) is 7.16. The predicted octanol–water partition coefficient (Wildman–Crippen LogP) is 4.21. The Labute approximate surface area is 129 Å². The van der Waals surface area contributed by atoms with Gasteiger partial charge in [0.15, 0.2) is 0 Å². The number of halogens is 3. The fraction of sp³-hybridized carbons (Fsp3) is 0.188. The molecular formula is C16H13BrF2O2. The van der Waals surface area contributed by atoms with Crippen LogP contribution in [0.1, 0.15) is 11.1 Å². The highest BCUT2D eigenvalue weighted by molar-refractivity contribution is 9.10. The van der Waals surface area contributed by atoms with Crippen LogP contribution in [0.4, 0.5) is 8.78 Å². The Bertz CT molecular complexity index is 638. The molecule has 0 aromatic heterocycles. The molecule has 2 nitrogen and oxygen atoms in total. The van der Waals surface area contributed by atoms with Crippen LogP contribution in [-0.2, 0) is 17.6 Å². The number of hydrogen-bond acceptors (Lipinski definition) is 1. The lowest BCUT2D eigenvalue weighted by atomic mass is 9.92. The zero-order valence-corrected chi connectivity index (χ0v) is 12.6. The summed E-state index contributed by atoms with van der Waals surface area (Å²) in [6.45, 7) is 0. The summed E-state index contributed by atoms with van der Waals surface area (Å²) in [6, 6.07) is 10.4. The minimum absolute atomic E-state index is 0.0747. The van der Waals surface area contributed by atoms with E-state index in [9.17, 15) is 18.7 Å². The number of benzene rings is 2. The molecule has 0 radical (unpaired) electrons. The van der Waals surface area contributed by atoms with Gasteiger partial charge >= 0.3 is 5.97 Å². The van der Waals surface area contributed by atoms with Gasteiger partial charge in [-0.3, -0.25) is 4.79 Å². The van der Waals surface area contributed by atoms with Crippen molar-refractivity contribution < 1.29 is 18.7 Å². The standard InChI is InChI=1S/C16H13BrF2O2/c17-15-4-2-1-3-11(15)8-12(16(20)21)5-10-6-13(18)9-14(19)7-10/h1-4,6-7,9,12H,5,8H2,(H,20,21). The Kier molecular flexibility index (Phi) is 5.07. The zero-order valence-electron chi connectivity index (χ0n) is 11.0. The Balaban J connectivity index is 2.20. The van der Waals surface area contributed by atoms with Gasteiger partial charge in [0.05, 0.1) is 5.92 Å². The maximum atomic E-state index is 13.2. The smallest absolute Gasteiger partial charge is 0.307 e. The summed E-state index contributed by atoms with van der Waals surface area (Å²) in [5, 5.41) is 9.32. The minimum Gasteiger partial charge on any atom is -0.481 e. The van der Waals surface area contributed by atoms with Crippen molar-refractivity contribution >= 4 is 21.9 Å². The van der Waals surface area contributed by atoms with Crippen LogP contribution in [0, 0.1) is 17.6 Å². The fourth-order valence-electron chi connectivity index (χ4n) is 2.19. The number of carbonyl (C=O) groups is 1. The van der Waals surface area contributed by atoms with E-state index in [1.165, 1.54) is 12.1 Å². The summed E-state index contributed by atoms with van der Waals surface area (Å²) < 4.78 is 27.2. The molecule has 5 heteroatoms. The molecule has 21 heavy (non-hydrogen) atoms. The molecule has 0 saturated heterocycles. The average Bonchev–Trinajstić information content (AvgIpc) is 2.39. The summed E-state index contributed by atoms with van der Waals surface area (Å²) in [6.07, 6.45) is 0.361. The minimum atomic E-state index is -0.990. The van der Waals surface area contributed by atoms with Crippen LogP contribution in [0.2, 0.25) is 0 Å². The van der Waals surface area contributed by atoms with Crippen molar-refractivity contribution in [2.24, 2.45) is 5.92 Å². The Hall–Kier alpha value is -1.75. The van der Waals surface area contributed by atoms with Crippen molar-refractivity contribution in [1.29, 1.82) is 0 Å². The van der Waals surface area contributed by atoms with Gasteiger partial charge in [-0.15, -0.1) is 0 Å². The normalized spacial score (nSPS) is 12.1. The van der Waals surface area contributed by atoms with Crippen molar-refractivity contribution in [3.8, 4) is 0 Å². The van der Waals surface area contributed by atoms with E-state index in [1.807, 2.05) is 24.3 Å². The summed E-state index contributed by atoms with van der Waals surface area (Å²) >= 11 is 3.37. The van der Waals surface area contributed by atoms with E-state index in [2.05, 4.69) is 15.9 Å². The summed E-state index contributed by atoms with van der Waals surface area (Å²) in [7, 11) is 0. The lowest BCUT2D eigenvalue weighted by molar-refractivity contribution is -0.141. The van der Waals surface area contributed by atoms with Crippen molar-refractivity contribution in [1.82, 2.24) is 0 Å². The second-order valence-corrected chi connectivity index (χ2v) is 5.67. The van der Waals surface area contributed by atoms with Gasteiger partial charge in [-0.2, -0.15) is 0 Å². The van der Waals surface area contributed by atoms with E-state index in [-0.39, 0.29) is 12.8 Å². The van der Waals surface area contributed by atoms with E-state index in [4.69, 9.17) is 0 Å². The van der Waals surface area contributed by atoms with Gasteiger partial charge in [-0.05, 0) is 42.2 Å². The van der Waals surface area contributed by atoms with Gasteiger partial charge in [0.1, 0.15) is 11.6 Å². The monoisotopic (exact) mass is 354 g/mol. The molecule has 0 aliphatic carbocycles. The van der Waals surface area contributed by atoms with Gasteiger partial charge in [-0.25, -0.2) is 8.78 Å². The van der Waals surface area contributed by atoms with Crippen LogP contribution in [-0.4, -0.2) is 11.1 Å². The van der Waals surface area contributed by atoms with Crippen LogP contribution in [0.5, 0.6) is 0 Å². The molecule has 0 bridgehead atoms. The second-order valence-electron chi connectivity index (χ2n) is 4.81. The number of hydrogen-bond donors (Lipinski definition) is 1. The van der Waals surface area contributed by atoms with Gasteiger partial charge < -0.3 is 5.11 Å². The van der Waals surface area contributed by atoms with Gasteiger partial charge in [0.25, 0.3) is 0 Å². The van der Waals surface area contributed by atoms with E-state index >= 15 is 0 Å². The van der Waals surface area contributed by atoms with Crippen LogP contribution in [0.3, 0.4) is 0 Å². The first-order chi connectivity index (χ1) is 9.95. The van der Waals surface area contributed by atoms with Crippen molar-refractivity contribution in [2.45, 2.75) is 12.8 Å². The molecule has 0 spiro atoms. The Morgan fingerprint density at radius 3 is 2.29 bits per heavy atom. The zero-order chi connectivity index (χ0) is 15.4. The van der Waals surface area contributed by atoms with Gasteiger partial charge in [0.2, 0.25) is 0 Å². The number of rotatable bonds is 5. The van der Waals surface area contributed by atoms with Gasteiger partial charge in [-0.1, -0.05) is 34.1 Å². The topological polar surface area (TPSA) is 37.3 Å². The predicted molar refractivity (Wildman–Crippen MR) is 79.0 cm³/mol. The number of aliphatic carboxylic acids is 1. The third-order valence-electron chi connectivity index (χ3n) is 3.18. The van der Waals surface area contributed by atoms with Crippen molar-refractivity contribution in [3.63, 3.8) is 0 Å². The highest BCUT2D eigenvalue weighted by Crippen LogP contribution is 2.22. The van der Waals surface area contributed by atoms with Gasteiger partial charge in [0, 0.05) is 10.5 Å². The van der Waals surface area contributed by atoms with Crippen LogP contribution >= 0.6 is 15.9 Å². The number of carboxylic acids is 1. The van der Waals surface area contributed by atoms with E-state index in [0.29, 0.717) is 5.56 Å². The largest absolute Gasteiger partial charge is 0.481 e. The molecule has 2 aromatic carbocycles. The quantitative estimate of drug-likeness (QED) is 0.872. The molecule has 0 aliphatic rings. The fourth-order valence-corrected chi connectivity index (χ4v) is 2.64. The molecule has 2 rings (SSSR count). The molecular weight excluding hydrogens is 342 g/mol. The summed E-state index contributed by atoms with van der Waals surface area (Å²) in [5.74, 6) is -3.13. The molecule has 0 saturated carbocycles. The lowest BCUT2D eigenvalue weighted by Gasteiger charge is -2.14. The van der Waals surface area contributed by atoms with Crippen LogP contribution in [0.25, 0.3) is 0 Å². The molecule has 0 amide bonds. The maximum Gasteiger partial charge on any atom is 0.307 e. The molecule has 0 fully saturated rings. The Morgan fingerprint density at radius 1 is 1.10 bits per heavy atom. The third-order valence-corrected chi connectivity index (χ3v) is 3.95. The van der Waals surface area contributed by atoms with Crippen molar-refractivity contribution in [3.05, 3.63) is 69.7 Å². The molecule has 0 heterocycles. The third kappa shape index (κ3) is 4.36. The summed E-state index contributed by atoms with van der Waals surface area (Å²) in [4.78, 5) is 11.4. The average molecular weight is 355 g/mol. The molecule has 1 unspecified atom stereocenters. The van der Waals surface area contributed by atoms with Crippen LogP contribution < -0.4 is 0 Å². The first-order valence-electron chi connectivity index (χ1n) is 6.37. The van der Waals surface area contributed by atoms with Crippen LogP contribution in [0.15, 0.2) is 46.9 Å². The van der Waals surface area contributed by atoms with E-state index in [0.717, 1.165) is 16.1 Å². The molecule has 1 atom stereocenters. The molecule has 2 aromatic rings. The van der Waals surface area contributed by atoms with E-state index < -0.39 is 23.5 Å². The molecule has 1 N–H and O–H groups in total. The van der Waals surface area contributed by atoms with E-state index in [1.54, 1.807) is 0 Å². The highest BCUT2D eigenvalue weighted by atomic mass is 79.9. The molecule has 0 aliphatic heterocycles. The summed E-state index contributed by atoms with van der Waals surface area (Å²) in [5.41, 5.74) is 1.19. The lowest BCUT2D eigenvalue weighted by Crippen LogP contribution is -2.19. The Morgan fingerprint density at radius 2 is 1.71 bits per heavy atom. The molecule has 110 valence electrons. The second kappa shape index (κ2) is 6.80. The SMILES string of the molecule is O=C(O)C(Cc1cc(F)cc(F)c1)Cc1ccccc1Br. The highest BCUT2D eigenvalue weighted by Gasteiger charge is 2.20. The first kappa shape index (κ1) is 15.6. The maximum absolute atomic E-state index is 13.2. The van der Waals surface area contributed by atoms with Crippen molar-refractivity contribution in [2.75, 3.05) is 0 Å².